The summed E-state index contributed by atoms with van der Waals surface area (Å²) in [6, 6.07) is 5.07. The van der Waals surface area contributed by atoms with Crippen LogP contribution in [0.4, 0.5) is 0 Å². The van der Waals surface area contributed by atoms with Crippen molar-refractivity contribution in [3.8, 4) is 5.75 Å². The molecule has 1 aliphatic carbocycles. The molecule has 2 aromatic rings. The molecule has 3 rings (SSSR count). The normalized spacial score (nSPS) is 15.1. The van der Waals surface area contributed by atoms with E-state index in [0.717, 1.165) is 40.5 Å². The SMILES string of the molecule is C[Si](C)(C)CCOCn1c(CO)nc2cc(OCC3CC3)c(Br)cc21. The number of hydrogen-bond donors (Lipinski definition) is 1. The minimum Gasteiger partial charge on any atom is -0.492 e. The first kappa shape index (κ1) is 18.9. The van der Waals surface area contributed by atoms with Crippen LogP contribution in [0.5, 0.6) is 5.75 Å². The van der Waals surface area contributed by atoms with Crippen LogP contribution in [0.1, 0.15) is 18.7 Å². The van der Waals surface area contributed by atoms with E-state index in [1.54, 1.807) is 0 Å². The monoisotopic (exact) mass is 426 g/mol. The van der Waals surface area contributed by atoms with Crippen molar-refractivity contribution in [1.82, 2.24) is 9.55 Å². The minimum atomic E-state index is -1.11. The van der Waals surface area contributed by atoms with Crippen LogP contribution < -0.4 is 4.74 Å². The molecule has 1 fully saturated rings. The van der Waals surface area contributed by atoms with Crippen molar-refractivity contribution in [3.63, 3.8) is 0 Å². The zero-order valence-corrected chi connectivity index (χ0v) is 17.8. The molecule has 1 saturated carbocycles. The van der Waals surface area contributed by atoms with Crippen LogP contribution in [-0.2, 0) is 18.1 Å². The molecular formula is C18H27BrN2O3Si. The number of hydrogen-bond acceptors (Lipinski definition) is 4. The number of imidazole rings is 1. The van der Waals surface area contributed by atoms with E-state index in [-0.39, 0.29) is 6.61 Å². The van der Waals surface area contributed by atoms with E-state index in [0.29, 0.717) is 18.5 Å². The van der Waals surface area contributed by atoms with E-state index in [9.17, 15) is 5.11 Å². The van der Waals surface area contributed by atoms with Crippen LogP contribution >= 0.6 is 15.9 Å². The number of aromatic nitrogens is 2. The molecule has 25 heavy (non-hydrogen) atoms. The Bertz CT molecular complexity index is 738. The lowest BCUT2D eigenvalue weighted by Gasteiger charge is -2.16. The second kappa shape index (κ2) is 7.78. The fraction of sp³-hybridized carbons (Fsp3) is 0.611. The Balaban J connectivity index is 1.75. The van der Waals surface area contributed by atoms with Gasteiger partial charge in [-0.15, -0.1) is 0 Å². The zero-order valence-electron chi connectivity index (χ0n) is 15.2. The summed E-state index contributed by atoms with van der Waals surface area (Å²) in [5.74, 6) is 2.13. The average Bonchev–Trinajstić information content (AvgIpc) is 3.31. The van der Waals surface area contributed by atoms with Crippen molar-refractivity contribution in [1.29, 1.82) is 0 Å². The van der Waals surface area contributed by atoms with E-state index in [1.807, 2.05) is 16.7 Å². The van der Waals surface area contributed by atoms with Gasteiger partial charge < -0.3 is 19.1 Å². The second-order valence-corrected chi connectivity index (χ2v) is 14.5. The highest BCUT2D eigenvalue weighted by Gasteiger charge is 2.23. The van der Waals surface area contributed by atoms with Crippen molar-refractivity contribution in [2.75, 3.05) is 13.2 Å². The number of ether oxygens (including phenoxy) is 2. The fourth-order valence-electron chi connectivity index (χ4n) is 2.58. The maximum atomic E-state index is 9.65. The van der Waals surface area contributed by atoms with Crippen molar-refractivity contribution >= 4 is 35.0 Å². The molecule has 7 heteroatoms. The van der Waals surface area contributed by atoms with E-state index in [2.05, 4.69) is 40.6 Å². The maximum absolute atomic E-state index is 9.65. The lowest BCUT2D eigenvalue weighted by Crippen LogP contribution is -2.22. The number of halogens is 1. The van der Waals surface area contributed by atoms with Crippen LogP contribution in [0.2, 0.25) is 25.7 Å². The molecule has 138 valence electrons. The largest absolute Gasteiger partial charge is 0.492 e. The average molecular weight is 427 g/mol. The highest BCUT2D eigenvalue weighted by atomic mass is 79.9. The van der Waals surface area contributed by atoms with Crippen molar-refractivity contribution in [3.05, 3.63) is 22.4 Å². The first-order valence-electron chi connectivity index (χ1n) is 8.87. The van der Waals surface area contributed by atoms with Gasteiger partial charge in [-0.05, 0) is 46.8 Å². The Kier molecular flexibility index (Phi) is 5.87. The molecule has 5 nitrogen and oxygen atoms in total. The molecule has 0 spiro atoms. The summed E-state index contributed by atoms with van der Waals surface area (Å²) in [4.78, 5) is 4.54. The third kappa shape index (κ3) is 5.06. The summed E-state index contributed by atoms with van der Waals surface area (Å²) in [6.07, 6.45) is 2.52. The van der Waals surface area contributed by atoms with Gasteiger partial charge in [0.2, 0.25) is 0 Å². The van der Waals surface area contributed by atoms with E-state index in [4.69, 9.17) is 9.47 Å². The van der Waals surface area contributed by atoms with Crippen molar-refractivity contribution in [2.24, 2.45) is 5.92 Å². The molecule has 0 aliphatic heterocycles. The molecule has 0 radical (unpaired) electrons. The van der Waals surface area contributed by atoms with E-state index >= 15 is 0 Å². The Morgan fingerprint density at radius 2 is 2.08 bits per heavy atom. The van der Waals surface area contributed by atoms with Gasteiger partial charge in [0.15, 0.2) is 0 Å². The molecule has 0 amide bonds. The number of rotatable bonds is 9. The quantitative estimate of drug-likeness (QED) is 0.476. The summed E-state index contributed by atoms with van der Waals surface area (Å²) >= 11 is 3.60. The predicted octanol–water partition coefficient (Wildman–Crippen LogP) is 4.39. The third-order valence-electron chi connectivity index (χ3n) is 4.41. The zero-order chi connectivity index (χ0) is 18.0. The maximum Gasteiger partial charge on any atom is 0.137 e. The fourth-order valence-corrected chi connectivity index (χ4v) is 3.78. The van der Waals surface area contributed by atoms with Gasteiger partial charge in [-0.25, -0.2) is 4.98 Å². The summed E-state index contributed by atoms with van der Waals surface area (Å²) in [5.41, 5.74) is 1.77. The molecule has 1 heterocycles. The van der Waals surface area contributed by atoms with Crippen LogP contribution in [-0.4, -0.2) is 35.9 Å². The summed E-state index contributed by atoms with van der Waals surface area (Å²) in [7, 11) is -1.11. The number of aliphatic hydroxyl groups excluding tert-OH is 1. The first-order chi connectivity index (χ1) is 11.9. The molecule has 0 bridgehead atoms. The molecule has 1 N–H and O–H groups in total. The number of nitrogens with zero attached hydrogens (tertiary/aromatic N) is 2. The molecule has 0 unspecified atom stereocenters. The molecule has 0 saturated heterocycles. The van der Waals surface area contributed by atoms with Crippen LogP contribution in [0, 0.1) is 5.92 Å². The van der Waals surface area contributed by atoms with Gasteiger partial charge in [0.25, 0.3) is 0 Å². The van der Waals surface area contributed by atoms with Gasteiger partial charge in [0.05, 0.1) is 22.1 Å². The van der Waals surface area contributed by atoms with Crippen LogP contribution in [0.15, 0.2) is 16.6 Å². The topological polar surface area (TPSA) is 56.5 Å². The Morgan fingerprint density at radius 3 is 2.72 bits per heavy atom. The number of benzene rings is 1. The highest BCUT2D eigenvalue weighted by Crippen LogP contribution is 2.34. The number of aliphatic hydroxyl groups is 1. The van der Waals surface area contributed by atoms with Crippen LogP contribution in [0.25, 0.3) is 11.0 Å². The smallest absolute Gasteiger partial charge is 0.137 e. The lowest BCUT2D eigenvalue weighted by molar-refractivity contribution is 0.0845. The standard InChI is InChI=1S/C18H27BrN2O3Si/c1-25(2,3)7-6-23-12-21-16-8-14(19)17(24-11-13-4-5-13)9-15(16)20-18(21)10-22/h8-9,13,22H,4-7,10-12H2,1-3H3. The predicted molar refractivity (Wildman–Crippen MR) is 106 cm³/mol. The first-order valence-corrected chi connectivity index (χ1v) is 13.4. The second-order valence-electron chi connectivity index (χ2n) is 7.99. The molecule has 1 aromatic carbocycles. The molecule has 1 aliphatic rings. The third-order valence-corrected chi connectivity index (χ3v) is 6.73. The Labute approximate surface area is 158 Å². The lowest BCUT2D eigenvalue weighted by atomic mass is 10.3. The highest BCUT2D eigenvalue weighted by molar-refractivity contribution is 9.10. The minimum absolute atomic E-state index is 0.109. The Hall–Kier alpha value is -0.893. The van der Waals surface area contributed by atoms with E-state index < -0.39 is 8.07 Å². The van der Waals surface area contributed by atoms with Gasteiger partial charge in [-0.1, -0.05) is 19.6 Å². The summed E-state index contributed by atoms with van der Waals surface area (Å²) in [6.45, 7) is 8.81. The van der Waals surface area contributed by atoms with Gasteiger partial charge in [0, 0.05) is 20.7 Å². The number of fused-ring (bicyclic) bond motifs is 1. The van der Waals surface area contributed by atoms with Gasteiger partial charge in [-0.2, -0.15) is 0 Å². The van der Waals surface area contributed by atoms with Crippen molar-refractivity contribution < 1.29 is 14.6 Å². The van der Waals surface area contributed by atoms with Crippen molar-refractivity contribution in [2.45, 2.75) is 51.9 Å². The van der Waals surface area contributed by atoms with Gasteiger partial charge >= 0.3 is 0 Å². The van der Waals surface area contributed by atoms with Gasteiger partial charge in [0.1, 0.15) is 24.9 Å². The van der Waals surface area contributed by atoms with Gasteiger partial charge in [-0.3, -0.25) is 0 Å². The summed E-state index contributed by atoms with van der Waals surface area (Å²) in [5, 5.41) is 9.65. The van der Waals surface area contributed by atoms with Crippen LogP contribution in [0.3, 0.4) is 0 Å². The Morgan fingerprint density at radius 1 is 1.32 bits per heavy atom. The summed E-state index contributed by atoms with van der Waals surface area (Å²) < 4.78 is 14.6. The molecular weight excluding hydrogens is 400 g/mol. The van der Waals surface area contributed by atoms with E-state index in [1.165, 1.54) is 12.8 Å². The molecule has 1 aromatic heterocycles. The molecule has 0 atom stereocenters.